The van der Waals surface area contributed by atoms with Gasteiger partial charge in [0.2, 0.25) is 5.91 Å². The fourth-order valence-corrected chi connectivity index (χ4v) is 3.45. The van der Waals surface area contributed by atoms with E-state index < -0.39 is 15.9 Å². The number of ketones is 1. The number of hydrogen-bond donors (Lipinski definition) is 2. The summed E-state index contributed by atoms with van der Waals surface area (Å²) in [6.07, 6.45) is 0. The van der Waals surface area contributed by atoms with Crippen LogP contribution in [0.3, 0.4) is 0 Å². The average molecular weight is 399 g/mol. The highest BCUT2D eigenvalue weighted by atomic mass is 35.5. The van der Waals surface area contributed by atoms with Crippen molar-refractivity contribution in [2.24, 2.45) is 0 Å². The normalized spacial score (nSPS) is 11.1. The van der Waals surface area contributed by atoms with Crippen LogP contribution < -0.4 is 10.3 Å². The molecule has 132 valence electrons. The maximum atomic E-state index is 12.1. The molecule has 0 radical (unpaired) electrons. The Morgan fingerprint density at radius 3 is 2.20 bits per heavy atom. The predicted molar refractivity (Wildman–Crippen MR) is 97.1 cm³/mol. The second-order valence-corrected chi connectivity index (χ2v) is 8.14. The van der Waals surface area contributed by atoms with Gasteiger partial charge >= 0.3 is 0 Å². The van der Waals surface area contributed by atoms with Crippen LogP contribution >= 0.6 is 23.4 Å². The van der Waals surface area contributed by atoms with E-state index in [2.05, 4.69) is 5.43 Å². The van der Waals surface area contributed by atoms with Gasteiger partial charge < -0.3 is 0 Å². The molecule has 2 aromatic carbocycles. The molecule has 2 aromatic rings. The first-order chi connectivity index (χ1) is 11.8. The van der Waals surface area contributed by atoms with Gasteiger partial charge in [-0.25, -0.2) is 8.42 Å². The Hall–Kier alpha value is -1.87. The van der Waals surface area contributed by atoms with Gasteiger partial charge in [0.1, 0.15) is 0 Å². The van der Waals surface area contributed by atoms with E-state index >= 15 is 0 Å². The topological polar surface area (TPSA) is 92.3 Å². The second kappa shape index (κ2) is 8.48. The van der Waals surface area contributed by atoms with Crippen molar-refractivity contribution in [1.29, 1.82) is 0 Å². The quantitative estimate of drug-likeness (QED) is 0.425. The smallest absolute Gasteiger partial charge is 0.257 e. The highest BCUT2D eigenvalue weighted by molar-refractivity contribution is 8.00. The van der Waals surface area contributed by atoms with E-state index in [9.17, 15) is 18.0 Å². The molecule has 0 bridgehead atoms. The van der Waals surface area contributed by atoms with Crippen molar-refractivity contribution in [2.75, 3.05) is 5.75 Å². The predicted octanol–water partition coefficient (Wildman–Crippen LogP) is 2.64. The third-order valence-corrected chi connectivity index (χ3v) is 5.61. The van der Waals surface area contributed by atoms with Crippen molar-refractivity contribution in [1.82, 2.24) is 10.3 Å². The zero-order chi connectivity index (χ0) is 18.4. The number of carbonyl (C=O) groups is 2. The Balaban J connectivity index is 1.89. The van der Waals surface area contributed by atoms with Gasteiger partial charge in [-0.1, -0.05) is 23.7 Å². The maximum Gasteiger partial charge on any atom is 0.257 e. The molecule has 2 rings (SSSR count). The number of sulfonamides is 1. The largest absolute Gasteiger partial charge is 0.295 e. The summed E-state index contributed by atoms with van der Waals surface area (Å²) in [5.74, 6) is -0.624. The fraction of sp³-hybridized carbons (Fsp3) is 0.125. The van der Waals surface area contributed by atoms with Crippen molar-refractivity contribution >= 4 is 45.1 Å². The molecule has 1 amide bonds. The van der Waals surface area contributed by atoms with Crippen molar-refractivity contribution < 1.29 is 18.0 Å². The van der Waals surface area contributed by atoms with Crippen molar-refractivity contribution in [3.8, 4) is 0 Å². The summed E-state index contributed by atoms with van der Waals surface area (Å²) >= 11 is 7.02. The lowest BCUT2D eigenvalue weighted by Gasteiger charge is -2.09. The van der Waals surface area contributed by atoms with Gasteiger partial charge in [-0.2, -0.15) is 0 Å². The molecule has 0 spiro atoms. The molecule has 0 heterocycles. The van der Waals surface area contributed by atoms with Gasteiger partial charge in [-0.05, 0) is 43.3 Å². The fourth-order valence-electron chi connectivity index (χ4n) is 1.77. The van der Waals surface area contributed by atoms with E-state index in [4.69, 9.17) is 11.6 Å². The zero-order valence-corrected chi connectivity index (χ0v) is 15.5. The van der Waals surface area contributed by atoms with Crippen LogP contribution in [0.5, 0.6) is 0 Å². The number of hydrazine groups is 1. The SMILES string of the molecule is CC(=O)c1ccc(S(=O)(=O)NNC(=O)CSc2ccc(Cl)cc2)cc1. The lowest BCUT2D eigenvalue weighted by Crippen LogP contribution is -2.42. The lowest BCUT2D eigenvalue weighted by molar-refractivity contribution is -0.119. The zero-order valence-electron chi connectivity index (χ0n) is 13.2. The monoisotopic (exact) mass is 398 g/mol. The van der Waals surface area contributed by atoms with Crippen LogP contribution in [0.1, 0.15) is 17.3 Å². The molecule has 0 fully saturated rings. The van der Waals surface area contributed by atoms with Crippen LogP contribution in [0.15, 0.2) is 58.3 Å². The summed E-state index contributed by atoms with van der Waals surface area (Å²) < 4.78 is 24.2. The van der Waals surface area contributed by atoms with Crippen molar-refractivity contribution in [3.63, 3.8) is 0 Å². The minimum atomic E-state index is -3.91. The second-order valence-electron chi connectivity index (χ2n) is 4.98. The summed E-state index contributed by atoms with van der Waals surface area (Å²) in [6, 6.07) is 12.4. The van der Waals surface area contributed by atoms with Gasteiger partial charge in [0, 0.05) is 15.5 Å². The summed E-state index contributed by atoms with van der Waals surface area (Å²) in [4.78, 5) is 25.8. The average Bonchev–Trinajstić information content (AvgIpc) is 2.59. The summed E-state index contributed by atoms with van der Waals surface area (Å²) in [5.41, 5.74) is 2.55. The maximum absolute atomic E-state index is 12.1. The molecule has 0 aromatic heterocycles. The summed E-state index contributed by atoms with van der Waals surface area (Å²) in [6.45, 7) is 1.39. The third kappa shape index (κ3) is 5.86. The Morgan fingerprint density at radius 1 is 1.04 bits per heavy atom. The molecule has 0 atom stereocenters. The highest BCUT2D eigenvalue weighted by Gasteiger charge is 2.15. The van der Waals surface area contributed by atoms with Gasteiger partial charge in [0.15, 0.2) is 5.78 Å². The minimum absolute atomic E-state index is 0.0351. The molecular formula is C16H15ClN2O4S2. The first-order valence-corrected chi connectivity index (χ1v) is 9.92. The Bertz CT molecular complexity index is 866. The number of Topliss-reactive ketones (excluding diaryl/α,β-unsaturated/α-hetero) is 1. The van der Waals surface area contributed by atoms with Crippen molar-refractivity contribution in [2.45, 2.75) is 16.7 Å². The molecule has 0 saturated carbocycles. The lowest BCUT2D eigenvalue weighted by atomic mass is 10.2. The van der Waals surface area contributed by atoms with Crippen LogP contribution in [0.2, 0.25) is 5.02 Å². The van der Waals surface area contributed by atoms with Crippen molar-refractivity contribution in [3.05, 3.63) is 59.1 Å². The number of benzene rings is 2. The first kappa shape index (κ1) is 19.5. The van der Waals surface area contributed by atoms with E-state index in [0.717, 1.165) is 4.90 Å². The molecule has 0 aliphatic rings. The molecule has 0 saturated heterocycles. The molecule has 25 heavy (non-hydrogen) atoms. The number of thioether (sulfide) groups is 1. The Kier molecular flexibility index (Phi) is 6.60. The number of hydrogen-bond acceptors (Lipinski definition) is 5. The van der Waals surface area contributed by atoms with Gasteiger partial charge in [-0.15, -0.1) is 16.6 Å². The van der Waals surface area contributed by atoms with Crippen LogP contribution in [0, 0.1) is 0 Å². The van der Waals surface area contributed by atoms with E-state index in [0.29, 0.717) is 10.6 Å². The molecule has 0 aliphatic carbocycles. The van der Waals surface area contributed by atoms with Gasteiger partial charge in [0.05, 0.1) is 10.6 Å². The van der Waals surface area contributed by atoms with E-state index in [1.54, 1.807) is 24.3 Å². The molecule has 9 heteroatoms. The standard InChI is InChI=1S/C16H15ClN2O4S2/c1-11(20)12-2-8-15(9-3-12)25(22,23)19-18-16(21)10-24-14-6-4-13(17)5-7-14/h2-9,19H,10H2,1H3,(H,18,21). The molecule has 2 N–H and O–H groups in total. The van der Waals surface area contributed by atoms with Crippen LogP contribution in [-0.2, 0) is 14.8 Å². The highest BCUT2D eigenvalue weighted by Crippen LogP contribution is 2.19. The van der Waals surface area contributed by atoms with Crippen LogP contribution in [-0.4, -0.2) is 25.9 Å². The number of amides is 1. The number of rotatable bonds is 7. The molecule has 6 nitrogen and oxygen atoms in total. The first-order valence-electron chi connectivity index (χ1n) is 7.08. The number of nitrogens with one attached hydrogen (secondary N) is 2. The molecular weight excluding hydrogens is 384 g/mol. The third-order valence-electron chi connectivity index (χ3n) is 3.08. The summed E-state index contributed by atoms with van der Waals surface area (Å²) in [5, 5.41) is 0.595. The van der Waals surface area contributed by atoms with E-state index in [-0.39, 0.29) is 16.4 Å². The minimum Gasteiger partial charge on any atom is -0.295 e. The van der Waals surface area contributed by atoms with E-state index in [1.165, 1.54) is 43.0 Å². The Labute approximate surface area is 155 Å². The Morgan fingerprint density at radius 2 is 1.64 bits per heavy atom. The van der Waals surface area contributed by atoms with Crippen LogP contribution in [0.25, 0.3) is 0 Å². The van der Waals surface area contributed by atoms with Crippen LogP contribution in [0.4, 0.5) is 0 Å². The van der Waals surface area contributed by atoms with Gasteiger partial charge in [-0.3, -0.25) is 15.0 Å². The molecule has 0 aliphatic heterocycles. The number of halogens is 1. The van der Waals surface area contributed by atoms with Gasteiger partial charge in [0.25, 0.3) is 10.0 Å². The van der Waals surface area contributed by atoms with E-state index in [1.807, 2.05) is 4.83 Å². The molecule has 0 unspecified atom stereocenters. The summed E-state index contributed by atoms with van der Waals surface area (Å²) in [7, 11) is -3.91. The number of carbonyl (C=O) groups excluding carboxylic acids is 2.